The summed E-state index contributed by atoms with van der Waals surface area (Å²) in [5.74, 6) is 4.33. The molecule has 2 aliphatic rings. The van der Waals surface area contributed by atoms with E-state index in [1.54, 1.807) is 25.2 Å². The molecule has 0 bridgehead atoms. The highest BCUT2D eigenvalue weighted by molar-refractivity contribution is 6.03. The van der Waals surface area contributed by atoms with E-state index in [-0.39, 0.29) is 37.0 Å². The van der Waals surface area contributed by atoms with Crippen LogP contribution in [0.3, 0.4) is 0 Å². The Bertz CT molecular complexity index is 1430. The fourth-order valence-corrected chi connectivity index (χ4v) is 3.64. The second kappa shape index (κ2) is 9.85. The van der Waals surface area contributed by atoms with Crippen molar-refractivity contribution in [3.63, 3.8) is 0 Å². The number of rotatable bonds is 4. The first kappa shape index (κ1) is 24.2. The Balaban J connectivity index is 1.29. The van der Waals surface area contributed by atoms with Crippen LogP contribution in [0.15, 0.2) is 54.9 Å². The van der Waals surface area contributed by atoms with Crippen LogP contribution in [-0.2, 0) is 9.53 Å². The topological polar surface area (TPSA) is 123 Å². The quantitative estimate of drug-likeness (QED) is 0.407. The lowest BCUT2D eigenvalue weighted by Crippen LogP contribution is -2.49. The van der Waals surface area contributed by atoms with Crippen molar-refractivity contribution in [2.45, 2.75) is 11.6 Å². The summed E-state index contributed by atoms with van der Waals surface area (Å²) in [7, 11) is 1.56. The van der Waals surface area contributed by atoms with Gasteiger partial charge in [0.1, 0.15) is 29.8 Å². The number of anilines is 1. The van der Waals surface area contributed by atoms with Gasteiger partial charge >= 0.3 is 0 Å². The number of pyridine rings is 2. The summed E-state index contributed by atoms with van der Waals surface area (Å²) in [6, 6.07) is 9.77. The van der Waals surface area contributed by atoms with E-state index in [1.807, 2.05) is 0 Å². The van der Waals surface area contributed by atoms with Gasteiger partial charge in [0, 0.05) is 31.1 Å². The van der Waals surface area contributed by atoms with Gasteiger partial charge in [-0.25, -0.2) is 4.98 Å². The van der Waals surface area contributed by atoms with Gasteiger partial charge in [-0.15, -0.1) is 0 Å². The molecule has 1 atom stereocenters. The van der Waals surface area contributed by atoms with E-state index in [1.165, 1.54) is 41.6 Å². The molecule has 0 spiro atoms. The fourth-order valence-electron chi connectivity index (χ4n) is 3.64. The van der Waals surface area contributed by atoms with E-state index in [9.17, 15) is 19.1 Å². The van der Waals surface area contributed by atoms with Crippen molar-refractivity contribution >= 4 is 17.5 Å². The number of carbonyl (C=O) groups is 2. The van der Waals surface area contributed by atoms with Crippen LogP contribution in [0.5, 0.6) is 17.2 Å². The van der Waals surface area contributed by atoms with Crippen molar-refractivity contribution in [3.8, 4) is 29.1 Å². The molecule has 1 saturated heterocycles. The zero-order valence-electron chi connectivity index (χ0n) is 19.6. The molecule has 0 radical (unpaired) electrons. The molecular weight excluding hydrogens is 483 g/mol. The second-order valence-electron chi connectivity index (χ2n) is 8.46. The van der Waals surface area contributed by atoms with Gasteiger partial charge in [-0.1, -0.05) is 11.8 Å². The van der Waals surface area contributed by atoms with Gasteiger partial charge in [-0.3, -0.25) is 14.6 Å². The molecule has 11 heteroatoms. The number of hydrogen-bond donors (Lipinski definition) is 2. The normalized spacial score (nSPS) is 17.8. The number of fused-ring (bicyclic) bond motifs is 1. The molecule has 0 saturated carbocycles. The minimum absolute atomic E-state index is 0.0329. The molecule has 37 heavy (non-hydrogen) atoms. The largest absolute Gasteiger partial charge is 0.489 e. The predicted octanol–water partition coefficient (Wildman–Crippen LogP) is 1.67. The number of nitrogens with zero attached hydrogens (tertiary/aromatic N) is 3. The monoisotopic (exact) mass is 504 g/mol. The molecule has 1 unspecified atom stereocenters. The highest BCUT2D eigenvalue weighted by Crippen LogP contribution is 2.32. The molecule has 10 nitrogen and oxygen atoms in total. The molecule has 188 valence electrons. The molecule has 5 rings (SSSR count). The minimum atomic E-state index is -1.16. The van der Waals surface area contributed by atoms with Crippen molar-refractivity contribution in [3.05, 3.63) is 72.1 Å². The van der Waals surface area contributed by atoms with E-state index in [0.29, 0.717) is 17.0 Å². The molecule has 1 aromatic carbocycles. The summed E-state index contributed by atoms with van der Waals surface area (Å²) >= 11 is 0. The van der Waals surface area contributed by atoms with Crippen molar-refractivity contribution in [2.24, 2.45) is 0 Å². The first-order valence-corrected chi connectivity index (χ1v) is 11.2. The Hall–Kier alpha value is -4.53. The standard InChI is InChI=1S/C26H21FN4O6/c1-31-20-11-16(6-8-26(34)14-35-15-26)4-5-21(20)36-13-19(25(31)33)30-24(32)18-12-17(7-10-28-18)37-22-3-2-9-29-23(22)27/h2-5,7,9-12,19,34H,13-15H2,1H3,(H,30,32). The predicted molar refractivity (Wildman–Crippen MR) is 128 cm³/mol. The van der Waals surface area contributed by atoms with Gasteiger partial charge < -0.3 is 29.5 Å². The molecule has 2 aliphatic heterocycles. The molecule has 3 aromatic rings. The highest BCUT2D eigenvalue weighted by atomic mass is 19.1. The molecule has 2 N–H and O–H groups in total. The second-order valence-corrected chi connectivity index (χ2v) is 8.46. The van der Waals surface area contributed by atoms with Crippen LogP contribution in [-0.4, -0.2) is 65.4 Å². The third-order valence-electron chi connectivity index (χ3n) is 5.70. The first-order valence-electron chi connectivity index (χ1n) is 11.2. The number of ether oxygens (including phenoxy) is 3. The van der Waals surface area contributed by atoms with Crippen molar-refractivity contribution in [1.82, 2.24) is 15.3 Å². The van der Waals surface area contributed by atoms with E-state index in [4.69, 9.17) is 14.2 Å². The average molecular weight is 504 g/mol. The molecule has 0 aliphatic carbocycles. The number of aromatic nitrogens is 2. The van der Waals surface area contributed by atoms with Crippen LogP contribution in [0.1, 0.15) is 16.1 Å². The van der Waals surface area contributed by atoms with E-state index in [0.717, 1.165) is 0 Å². The molecule has 1 fully saturated rings. The zero-order valence-corrected chi connectivity index (χ0v) is 19.6. The Morgan fingerprint density at radius 1 is 1.24 bits per heavy atom. The summed E-state index contributed by atoms with van der Waals surface area (Å²) in [4.78, 5) is 35.0. The molecule has 2 amide bonds. The van der Waals surface area contributed by atoms with Crippen molar-refractivity contribution in [2.75, 3.05) is 31.8 Å². The maximum absolute atomic E-state index is 13.8. The zero-order chi connectivity index (χ0) is 26.0. The van der Waals surface area contributed by atoms with Gasteiger partial charge in [0.15, 0.2) is 11.4 Å². The van der Waals surface area contributed by atoms with E-state index in [2.05, 4.69) is 27.1 Å². The number of nitrogens with one attached hydrogen (secondary N) is 1. The SMILES string of the molecule is CN1C(=O)C(NC(=O)c2cc(Oc3cccnc3F)ccn2)COc2ccc(C#CC3(O)COC3)cc21. The molecule has 4 heterocycles. The van der Waals surface area contributed by atoms with Crippen molar-refractivity contribution in [1.29, 1.82) is 0 Å². The lowest BCUT2D eigenvalue weighted by molar-refractivity contribution is -0.140. The highest BCUT2D eigenvalue weighted by Gasteiger charge is 2.34. The lowest BCUT2D eigenvalue weighted by atomic mass is 10.0. The number of halogens is 1. The Morgan fingerprint density at radius 2 is 2.08 bits per heavy atom. The summed E-state index contributed by atoms with van der Waals surface area (Å²) in [6.45, 7) is 0.192. The van der Waals surface area contributed by atoms with E-state index >= 15 is 0 Å². The molecular formula is C26H21FN4O6. The van der Waals surface area contributed by atoms with Gasteiger partial charge in [0.05, 0.1) is 18.9 Å². The van der Waals surface area contributed by atoms with Crippen LogP contribution in [0.4, 0.5) is 10.1 Å². The molecule has 2 aromatic heterocycles. The van der Waals surface area contributed by atoms with Crippen molar-refractivity contribution < 1.29 is 33.3 Å². The third kappa shape index (κ3) is 5.20. The van der Waals surface area contributed by atoms with Gasteiger partial charge in [-0.05, 0) is 36.4 Å². The van der Waals surface area contributed by atoms with Gasteiger partial charge in [0.2, 0.25) is 0 Å². The average Bonchev–Trinajstić information content (AvgIpc) is 3.00. The first-order chi connectivity index (χ1) is 17.8. The van der Waals surface area contributed by atoms with Crippen LogP contribution >= 0.6 is 0 Å². The summed E-state index contributed by atoms with van der Waals surface area (Å²) in [6.07, 6.45) is 2.62. The van der Waals surface area contributed by atoms with Gasteiger partial charge in [-0.2, -0.15) is 4.39 Å². The number of carbonyl (C=O) groups excluding carboxylic acids is 2. The summed E-state index contributed by atoms with van der Waals surface area (Å²) in [5.41, 5.74) is -0.147. The summed E-state index contributed by atoms with van der Waals surface area (Å²) < 4.78 is 30.1. The number of aliphatic hydroxyl groups is 1. The Kier molecular flexibility index (Phi) is 6.43. The van der Waals surface area contributed by atoms with Crippen LogP contribution < -0.4 is 19.7 Å². The number of hydrogen-bond acceptors (Lipinski definition) is 8. The fraction of sp³-hybridized carbons (Fsp3) is 0.231. The number of amides is 2. The summed E-state index contributed by atoms with van der Waals surface area (Å²) in [5, 5.41) is 12.7. The van der Waals surface area contributed by atoms with Crippen LogP contribution in [0.2, 0.25) is 0 Å². The van der Waals surface area contributed by atoms with E-state index < -0.39 is 29.4 Å². The van der Waals surface area contributed by atoms with Crippen LogP contribution in [0.25, 0.3) is 0 Å². The maximum Gasteiger partial charge on any atom is 0.270 e. The number of benzene rings is 1. The Labute approximate surface area is 211 Å². The number of likely N-dealkylation sites (N-methyl/N-ethyl adjacent to an activating group) is 1. The maximum atomic E-state index is 13.8. The minimum Gasteiger partial charge on any atom is -0.489 e. The Morgan fingerprint density at radius 3 is 2.84 bits per heavy atom. The third-order valence-corrected chi connectivity index (χ3v) is 5.70. The smallest absolute Gasteiger partial charge is 0.270 e. The lowest BCUT2D eigenvalue weighted by Gasteiger charge is -2.30. The van der Waals surface area contributed by atoms with Gasteiger partial charge in [0.25, 0.3) is 17.8 Å². The van der Waals surface area contributed by atoms with Crippen LogP contribution in [0, 0.1) is 17.8 Å².